The molecule has 0 unspecified atom stereocenters. The number of ether oxygens (including phenoxy) is 1. The SMILES string of the molecule is CC(C)(C)OC(=O)N[C@@H](CNC(=O)CCCCCl)C(=O)O. The van der Waals surface area contributed by atoms with Crippen molar-refractivity contribution in [2.24, 2.45) is 0 Å². The van der Waals surface area contributed by atoms with E-state index in [1.165, 1.54) is 0 Å². The summed E-state index contributed by atoms with van der Waals surface area (Å²) >= 11 is 5.49. The molecule has 8 heteroatoms. The number of alkyl halides is 1. The summed E-state index contributed by atoms with van der Waals surface area (Å²) < 4.78 is 4.96. The Morgan fingerprint density at radius 2 is 1.86 bits per heavy atom. The lowest BCUT2D eigenvalue weighted by atomic mass is 10.2. The first-order chi connectivity index (χ1) is 9.65. The average molecular weight is 323 g/mol. The minimum Gasteiger partial charge on any atom is -0.480 e. The van der Waals surface area contributed by atoms with Crippen LogP contribution in [0.2, 0.25) is 0 Å². The Labute approximate surface area is 129 Å². The minimum atomic E-state index is -1.25. The Morgan fingerprint density at radius 3 is 2.33 bits per heavy atom. The number of rotatable bonds is 8. The van der Waals surface area contributed by atoms with Crippen molar-refractivity contribution in [2.45, 2.75) is 51.7 Å². The quantitative estimate of drug-likeness (QED) is 0.464. The molecule has 0 aromatic rings. The predicted molar refractivity (Wildman–Crippen MR) is 78.4 cm³/mol. The predicted octanol–water partition coefficient (Wildman–Crippen LogP) is 1.49. The summed E-state index contributed by atoms with van der Waals surface area (Å²) in [7, 11) is 0. The minimum absolute atomic E-state index is 0.200. The molecule has 0 aliphatic carbocycles. The number of hydrogen-bond donors (Lipinski definition) is 3. The number of nitrogens with one attached hydrogen (secondary N) is 2. The summed E-state index contributed by atoms with van der Waals surface area (Å²) in [5, 5.41) is 13.7. The Hall–Kier alpha value is -1.50. The van der Waals surface area contributed by atoms with Crippen LogP contribution in [-0.2, 0) is 14.3 Å². The average Bonchev–Trinajstić information content (AvgIpc) is 2.32. The van der Waals surface area contributed by atoms with Crippen molar-refractivity contribution in [3.05, 3.63) is 0 Å². The van der Waals surface area contributed by atoms with Gasteiger partial charge in [-0.25, -0.2) is 9.59 Å². The van der Waals surface area contributed by atoms with Gasteiger partial charge >= 0.3 is 12.1 Å². The van der Waals surface area contributed by atoms with Crippen LogP contribution in [0.4, 0.5) is 4.79 Å². The van der Waals surface area contributed by atoms with Gasteiger partial charge < -0.3 is 20.5 Å². The van der Waals surface area contributed by atoms with Crippen LogP contribution in [0, 0.1) is 0 Å². The second-order valence-electron chi connectivity index (χ2n) is 5.49. The molecule has 0 bridgehead atoms. The van der Waals surface area contributed by atoms with Crippen molar-refractivity contribution >= 4 is 29.6 Å². The van der Waals surface area contributed by atoms with E-state index in [-0.39, 0.29) is 18.9 Å². The molecule has 2 amide bonds. The van der Waals surface area contributed by atoms with Gasteiger partial charge in [-0.2, -0.15) is 0 Å². The fraction of sp³-hybridized carbons (Fsp3) is 0.769. The number of hydrogen-bond acceptors (Lipinski definition) is 4. The second kappa shape index (κ2) is 9.44. The van der Waals surface area contributed by atoms with E-state index in [1.807, 2.05) is 0 Å². The van der Waals surface area contributed by atoms with Crippen LogP contribution in [0.25, 0.3) is 0 Å². The third kappa shape index (κ3) is 10.9. The number of carboxylic acids is 1. The first-order valence-corrected chi connectivity index (χ1v) is 7.24. The number of carbonyl (C=O) groups is 3. The number of alkyl carbamates (subject to hydrolysis) is 1. The normalized spacial score (nSPS) is 12.4. The molecule has 7 nitrogen and oxygen atoms in total. The molecule has 1 atom stereocenters. The monoisotopic (exact) mass is 322 g/mol. The fourth-order valence-electron chi connectivity index (χ4n) is 1.33. The van der Waals surface area contributed by atoms with Crippen molar-refractivity contribution in [1.82, 2.24) is 10.6 Å². The molecule has 0 aromatic heterocycles. The Balaban J connectivity index is 4.23. The number of unbranched alkanes of at least 4 members (excludes halogenated alkanes) is 1. The summed E-state index contributed by atoms with van der Waals surface area (Å²) in [6, 6.07) is -1.24. The van der Waals surface area contributed by atoms with Gasteiger partial charge in [-0.1, -0.05) is 0 Å². The Morgan fingerprint density at radius 1 is 1.24 bits per heavy atom. The van der Waals surface area contributed by atoms with Gasteiger partial charge in [0.2, 0.25) is 5.91 Å². The molecule has 0 rings (SSSR count). The Bertz CT molecular complexity index is 368. The van der Waals surface area contributed by atoms with Gasteiger partial charge in [0.25, 0.3) is 0 Å². The maximum absolute atomic E-state index is 11.5. The Kier molecular flexibility index (Phi) is 8.76. The third-order valence-corrected chi connectivity index (χ3v) is 2.55. The lowest BCUT2D eigenvalue weighted by Crippen LogP contribution is -2.49. The molecule has 0 saturated heterocycles. The fourth-order valence-corrected chi connectivity index (χ4v) is 1.52. The van der Waals surface area contributed by atoms with Crippen LogP contribution in [0.5, 0.6) is 0 Å². The van der Waals surface area contributed by atoms with Gasteiger partial charge in [-0.05, 0) is 33.6 Å². The molecule has 0 radical (unpaired) electrons. The molecule has 0 saturated carbocycles. The van der Waals surface area contributed by atoms with Crippen LogP contribution in [0.3, 0.4) is 0 Å². The van der Waals surface area contributed by atoms with Crippen LogP contribution >= 0.6 is 11.6 Å². The number of amides is 2. The van der Waals surface area contributed by atoms with Gasteiger partial charge in [0.15, 0.2) is 0 Å². The second-order valence-corrected chi connectivity index (χ2v) is 5.87. The topological polar surface area (TPSA) is 105 Å². The molecular weight excluding hydrogens is 300 g/mol. The van der Waals surface area contributed by atoms with Gasteiger partial charge in [0.05, 0.1) is 0 Å². The third-order valence-electron chi connectivity index (χ3n) is 2.28. The first-order valence-electron chi connectivity index (χ1n) is 6.70. The molecule has 0 aliphatic rings. The highest BCUT2D eigenvalue weighted by Gasteiger charge is 2.24. The van der Waals surface area contributed by atoms with Crippen LogP contribution < -0.4 is 10.6 Å². The first kappa shape index (κ1) is 19.5. The van der Waals surface area contributed by atoms with E-state index in [2.05, 4.69) is 10.6 Å². The standard InChI is InChI=1S/C13H23ClN2O5/c1-13(2,3)21-12(20)16-9(11(18)19)8-15-10(17)6-4-5-7-14/h9H,4-8H2,1-3H3,(H,15,17)(H,16,20)(H,18,19)/t9-/m0/s1. The van der Waals surface area contributed by atoms with Crippen molar-refractivity contribution < 1.29 is 24.2 Å². The molecular formula is C13H23ClN2O5. The highest BCUT2D eigenvalue weighted by Crippen LogP contribution is 2.06. The molecule has 0 spiro atoms. The zero-order chi connectivity index (χ0) is 16.5. The maximum Gasteiger partial charge on any atom is 0.408 e. The van der Waals surface area contributed by atoms with E-state index in [0.717, 1.165) is 0 Å². The smallest absolute Gasteiger partial charge is 0.408 e. The number of aliphatic carboxylic acids is 1. The molecule has 0 heterocycles. The summed E-state index contributed by atoms with van der Waals surface area (Å²) in [6.45, 7) is 4.80. The number of halogens is 1. The van der Waals surface area contributed by atoms with Crippen LogP contribution in [-0.4, -0.2) is 47.1 Å². The largest absolute Gasteiger partial charge is 0.480 e. The zero-order valence-electron chi connectivity index (χ0n) is 12.6. The molecule has 0 fully saturated rings. The van der Waals surface area contributed by atoms with Crippen LogP contribution in [0.1, 0.15) is 40.0 Å². The number of carboxylic acid groups (broad SMARTS) is 1. The molecule has 0 aromatic carbocycles. The molecule has 3 N–H and O–H groups in total. The summed E-state index contributed by atoms with van der Waals surface area (Å²) in [5.74, 6) is -1.05. The maximum atomic E-state index is 11.5. The molecule has 0 aliphatic heterocycles. The van der Waals surface area contributed by atoms with Crippen molar-refractivity contribution in [3.63, 3.8) is 0 Å². The lowest BCUT2D eigenvalue weighted by Gasteiger charge is -2.22. The highest BCUT2D eigenvalue weighted by atomic mass is 35.5. The van der Waals surface area contributed by atoms with E-state index in [0.29, 0.717) is 18.7 Å². The van der Waals surface area contributed by atoms with E-state index in [9.17, 15) is 14.4 Å². The van der Waals surface area contributed by atoms with E-state index in [1.54, 1.807) is 20.8 Å². The number of carbonyl (C=O) groups excluding carboxylic acids is 2. The lowest BCUT2D eigenvalue weighted by molar-refractivity contribution is -0.139. The summed E-state index contributed by atoms with van der Waals surface area (Å²) in [5.41, 5.74) is -0.724. The van der Waals surface area contributed by atoms with E-state index < -0.39 is 23.7 Å². The van der Waals surface area contributed by atoms with Crippen molar-refractivity contribution in [3.8, 4) is 0 Å². The van der Waals surface area contributed by atoms with Gasteiger partial charge in [0.1, 0.15) is 11.6 Å². The van der Waals surface area contributed by atoms with Gasteiger partial charge in [0, 0.05) is 18.8 Å². The van der Waals surface area contributed by atoms with Gasteiger partial charge in [-0.3, -0.25) is 4.79 Å². The molecule has 122 valence electrons. The van der Waals surface area contributed by atoms with Crippen LogP contribution in [0.15, 0.2) is 0 Å². The highest BCUT2D eigenvalue weighted by molar-refractivity contribution is 6.17. The summed E-state index contributed by atoms with van der Waals surface area (Å²) in [4.78, 5) is 34.0. The van der Waals surface area contributed by atoms with Gasteiger partial charge in [-0.15, -0.1) is 11.6 Å². The zero-order valence-corrected chi connectivity index (χ0v) is 13.3. The summed E-state index contributed by atoms with van der Waals surface area (Å²) in [6.07, 6.45) is 0.775. The van der Waals surface area contributed by atoms with Crippen molar-refractivity contribution in [2.75, 3.05) is 12.4 Å². The van der Waals surface area contributed by atoms with Crippen molar-refractivity contribution in [1.29, 1.82) is 0 Å². The van der Waals surface area contributed by atoms with E-state index >= 15 is 0 Å². The van der Waals surface area contributed by atoms with E-state index in [4.69, 9.17) is 21.4 Å². The molecule has 21 heavy (non-hydrogen) atoms.